The van der Waals surface area contributed by atoms with E-state index in [1.165, 1.54) is 26.5 Å². The highest BCUT2D eigenvalue weighted by Gasteiger charge is 2.16. The second-order valence-electron chi connectivity index (χ2n) is 5.25. The number of benzene rings is 2. The predicted molar refractivity (Wildman–Crippen MR) is 92.1 cm³/mol. The fraction of sp³-hybridized carbons (Fsp3) is 0.211. The van der Waals surface area contributed by atoms with E-state index < -0.39 is 0 Å². The van der Waals surface area contributed by atoms with Crippen molar-refractivity contribution in [2.45, 2.75) is 32.1 Å². The summed E-state index contributed by atoms with van der Waals surface area (Å²) in [6, 6.07) is 17.3. The Balaban J connectivity index is 2.16. The van der Waals surface area contributed by atoms with Crippen LogP contribution < -0.4 is 0 Å². The number of allylic oxidation sites excluding steroid dienone is 2. The van der Waals surface area contributed by atoms with Crippen molar-refractivity contribution >= 4 is 17.5 Å². The van der Waals surface area contributed by atoms with Gasteiger partial charge >= 0.3 is 0 Å². The fourth-order valence-electron chi connectivity index (χ4n) is 2.42. The van der Waals surface area contributed by atoms with E-state index in [-0.39, 0.29) is 0 Å². The minimum Gasteiger partial charge on any atom is -0.252 e. The van der Waals surface area contributed by atoms with Gasteiger partial charge < -0.3 is 0 Å². The van der Waals surface area contributed by atoms with Gasteiger partial charge in [0.1, 0.15) is 0 Å². The molecule has 1 aliphatic heterocycles. The molecule has 0 N–H and O–H groups in total. The number of hydrogen-bond acceptors (Lipinski definition) is 2. The number of aliphatic imine (C=N–C) groups is 1. The van der Waals surface area contributed by atoms with Crippen molar-refractivity contribution in [2.24, 2.45) is 4.99 Å². The van der Waals surface area contributed by atoms with Crippen LogP contribution in [0.4, 0.5) is 0 Å². The Bertz CT molecular complexity index is 723. The van der Waals surface area contributed by atoms with E-state index in [1.54, 1.807) is 0 Å². The molecule has 0 amide bonds. The van der Waals surface area contributed by atoms with Gasteiger partial charge in [-0.25, -0.2) is 0 Å². The molecule has 1 aliphatic rings. The minimum absolute atomic E-state index is 1.07. The maximum Gasteiger partial charge on any atom is 0.0789 e. The molecule has 2 aromatic rings. The number of nitrogens with zero attached hydrogens (tertiary/aromatic N) is 1. The van der Waals surface area contributed by atoms with Crippen LogP contribution in [-0.4, -0.2) is 5.71 Å². The van der Waals surface area contributed by atoms with Gasteiger partial charge in [-0.15, -0.1) is 0 Å². The van der Waals surface area contributed by atoms with Crippen molar-refractivity contribution in [3.8, 4) is 0 Å². The van der Waals surface area contributed by atoms with Gasteiger partial charge in [0.15, 0.2) is 0 Å². The van der Waals surface area contributed by atoms with Crippen molar-refractivity contribution < 1.29 is 0 Å². The maximum absolute atomic E-state index is 4.90. The Kier molecular flexibility index (Phi) is 3.98. The molecule has 1 heterocycles. The van der Waals surface area contributed by atoms with Gasteiger partial charge in [0.25, 0.3) is 0 Å². The Labute approximate surface area is 130 Å². The fourth-order valence-corrected chi connectivity index (χ4v) is 3.36. The first kappa shape index (κ1) is 14.2. The molecule has 2 aromatic carbocycles. The smallest absolute Gasteiger partial charge is 0.0789 e. The van der Waals surface area contributed by atoms with Gasteiger partial charge in [-0.2, -0.15) is 0 Å². The summed E-state index contributed by atoms with van der Waals surface area (Å²) in [7, 11) is 0. The van der Waals surface area contributed by atoms with Crippen LogP contribution in [0.3, 0.4) is 0 Å². The average molecular weight is 293 g/mol. The Hall–Kier alpha value is -1.80. The molecule has 0 fully saturated rings. The summed E-state index contributed by atoms with van der Waals surface area (Å²) in [5.74, 6) is 0. The van der Waals surface area contributed by atoms with E-state index >= 15 is 0 Å². The van der Waals surface area contributed by atoms with Crippen LogP contribution in [-0.2, 0) is 6.42 Å². The molecule has 21 heavy (non-hydrogen) atoms. The lowest BCUT2D eigenvalue weighted by molar-refractivity contribution is 1.14. The van der Waals surface area contributed by atoms with Crippen LogP contribution in [0.5, 0.6) is 0 Å². The maximum atomic E-state index is 4.90. The molecule has 0 spiro atoms. The molecule has 106 valence electrons. The van der Waals surface area contributed by atoms with Crippen molar-refractivity contribution in [3.05, 3.63) is 75.8 Å². The molecule has 0 bridgehead atoms. The lowest BCUT2D eigenvalue weighted by atomic mass is 10.00. The van der Waals surface area contributed by atoms with Crippen LogP contribution >= 0.6 is 11.8 Å². The molecule has 0 aromatic heterocycles. The van der Waals surface area contributed by atoms with E-state index in [0.29, 0.717) is 0 Å². The average Bonchev–Trinajstić information content (AvgIpc) is 2.65. The summed E-state index contributed by atoms with van der Waals surface area (Å²) in [5, 5.41) is 0. The first-order chi connectivity index (χ1) is 10.2. The topological polar surface area (TPSA) is 12.4 Å². The lowest BCUT2D eigenvalue weighted by Crippen LogP contribution is -2.04. The third-order valence-electron chi connectivity index (χ3n) is 3.83. The molecule has 2 heteroatoms. The van der Waals surface area contributed by atoms with E-state index in [0.717, 1.165) is 17.8 Å². The molecule has 0 atom stereocenters. The molecular weight excluding hydrogens is 274 g/mol. The van der Waals surface area contributed by atoms with Crippen molar-refractivity contribution in [3.63, 3.8) is 0 Å². The van der Waals surface area contributed by atoms with Crippen LogP contribution in [0.25, 0.3) is 0 Å². The number of aryl methyl sites for hydroxylation is 1. The number of hydrogen-bond donors (Lipinski definition) is 0. The van der Waals surface area contributed by atoms with Crippen molar-refractivity contribution in [2.75, 3.05) is 0 Å². The molecule has 1 nitrogen and oxygen atoms in total. The summed E-state index contributed by atoms with van der Waals surface area (Å²) in [4.78, 5) is 7.45. The van der Waals surface area contributed by atoms with Crippen LogP contribution in [0.1, 0.15) is 37.5 Å². The van der Waals surface area contributed by atoms with Crippen LogP contribution in [0.2, 0.25) is 0 Å². The van der Waals surface area contributed by atoms with E-state index in [4.69, 9.17) is 4.99 Å². The monoisotopic (exact) mass is 293 g/mol. The normalized spacial score (nSPS) is 14.5. The van der Waals surface area contributed by atoms with Gasteiger partial charge in [0.2, 0.25) is 0 Å². The molecule has 0 aliphatic carbocycles. The second kappa shape index (κ2) is 5.90. The van der Waals surface area contributed by atoms with Gasteiger partial charge in [0, 0.05) is 26.6 Å². The Morgan fingerprint density at radius 3 is 2.38 bits per heavy atom. The SMILES string of the molecule is CCc1ccc(C2=NC(C)=C(C)Sc3ccccc32)cc1. The Morgan fingerprint density at radius 1 is 0.952 bits per heavy atom. The van der Waals surface area contributed by atoms with E-state index in [2.05, 4.69) is 69.3 Å². The first-order valence-corrected chi connectivity index (χ1v) is 8.13. The van der Waals surface area contributed by atoms with Gasteiger partial charge in [0.05, 0.1) is 5.71 Å². The number of fused-ring (bicyclic) bond motifs is 1. The minimum atomic E-state index is 1.07. The zero-order valence-electron chi connectivity index (χ0n) is 12.7. The van der Waals surface area contributed by atoms with Gasteiger partial charge in [-0.05, 0) is 31.9 Å². The highest BCUT2D eigenvalue weighted by atomic mass is 32.2. The van der Waals surface area contributed by atoms with E-state index in [1.807, 2.05) is 11.8 Å². The lowest BCUT2D eigenvalue weighted by Gasteiger charge is -2.10. The summed E-state index contributed by atoms with van der Waals surface area (Å²) < 4.78 is 0. The van der Waals surface area contributed by atoms with Gasteiger partial charge in [-0.1, -0.05) is 61.2 Å². The molecule has 0 saturated carbocycles. The Morgan fingerprint density at radius 2 is 1.67 bits per heavy atom. The van der Waals surface area contributed by atoms with Crippen LogP contribution in [0, 0.1) is 0 Å². The number of rotatable bonds is 2. The summed E-state index contributed by atoms with van der Waals surface area (Å²) in [6.07, 6.45) is 1.07. The van der Waals surface area contributed by atoms with Gasteiger partial charge in [-0.3, -0.25) is 4.99 Å². The highest BCUT2D eigenvalue weighted by Crippen LogP contribution is 2.35. The summed E-state index contributed by atoms with van der Waals surface area (Å²) >= 11 is 1.81. The molecule has 0 unspecified atom stereocenters. The van der Waals surface area contributed by atoms with E-state index in [9.17, 15) is 0 Å². The molecular formula is C19H19NS. The first-order valence-electron chi connectivity index (χ1n) is 7.31. The van der Waals surface area contributed by atoms with Crippen molar-refractivity contribution in [1.82, 2.24) is 0 Å². The second-order valence-corrected chi connectivity index (χ2v) is 6.51. The third-order valence-corrected chi connectivity index (χ3v) is 5.01. The number of thioether (sulfide) groups is 1. The molecule has 0 saturated heterocycles. The zero-order chi connectivity index (χ0) is 14.8. The third kappa shape index (κ3) is 2.81. The highest BCUT2D eigenvalue weighted by molar-refractivity contribution is 8.03. The summed E-state index contributed by atoms with van der Waals surface area (Å²) in [5.41, 5.74) is 5.96. The predicted octanol–water partition coefficient (Wildman–Crippen LogP) is 5.44. The zero-order valence-corrected chi connectivity index (χ0v) is 13.5. The molecule has 3 rings (SSSR count). The molecule has 0 radical (unpaired) electrons. The largest absolute Gasteiger partial charge is 0.252 e. The van der Waals surface area contributed by atoms with Crippen molar-refractivity contribution in [1.29, 1.82) is 0 Å². The van der Waals surface area contributed by atoms with Crippen LogP contribution in [0.15, 0.2) is 69.0 Å². The quantitative estimate of drug-likeness (QED) is 0.718. The standard InChI is InChI=1S/C19H19NS/c1-4-15-9-11-16(12-10-15)19-17-7-5-6-8-18(17)21-14(3)13(2)20-19/h5-12H,4H2,1-3H3. The summed E-state index contributed by atoms with van der Waals surface area (Å²) in [6.45, 7) is 6.42.